The van der Waals surface area contributed by atoms with Crippen molar-refractivity contribution in [1.82, 2.24) is 10.2 Å². The Morgan fingerprint density at radius 2 is 2.36 bits per heavy atom. The van der Waals surface area contributed by atoms with Crippen LogP contribution in [0, 0.1) is 6.23 Å². The summed E-state index contributed by atoms with van der Waals surface area (Å²) in [6.45, 7) is 3.99. The van der Waals surface area contributed by atoms with Crippen LogP contribution in [0.25, 0.3) is 0 Å². The number of amides is 1. The van der Waals surface area contributed by atoms with Gasteiger partial charge in [0.25, 0.3) is 0 Å². The molecular weight excluding hydrogens is 180 g/mol. The van der Waals surface area contributed by atoms with E-state index in [1.165, 1.54) is 6.92 Å². The summed E-state index contributed by atoms with van der Waals surface area (Å²) in [4.78, 5) is 12.7. The molecule has 0 saturated heterocycles. The highest BCUT2D eigenvalue weighted by Crippen LogP contribution is 2.18. The molecule has 0 fully saturated rings. The van der Waals surface area contributed by atoms with Crippen molar-refractivity contribution in [3.8, 4) is 0 Å². The van der Waals surface area contributed by atoms with E-state index < -0.39 is 0 Å². The number of carbonyl (C=O) groups excluding carboxylic acids is 1. The molecule has 1 amide bonds. The van der Waals surface area contributed by atoms with E-state index >= 15 is 0 Å². The summed E-state index contributed by atoms with van der Waals surface area (Å²) in [5.41, 5.74) is 0.752. The zero-order valence-electron chi connectivity index (χ0n) is 8.70. The fourth-order valence-electron chi connectivity index (χ4n) is 1.11. The van der Waals surface area contributed by atoms with Gasteiger partial charge < -0.3 is 15.0 Å². The Bertz CT molecular complexity index is 271. The maximum atomic E-state index is 11.2. The molecule has 1 radical (unpaired) electrons. The summed E-state index contributed by atoms with van der Waals surface area (Å²) in [6, 6.07) is 0. The van der Waals surface area contributed by atoms with Crippen molar-refractivity contribution in [2.24, 2.45) is 0 Å². The number of nitrogens with zero attached hydrogens (tertiary/aromatic N) is 1. The highest BCUT2D eigenvalue weighted by molar-refractivity contribution is 5.75. The number of hydrogen-bond acceptors (Lipinski definition) is 3. The molecule has 0 bridgehead atoms. The second-order valence-electron chi connectivity index (χ2n) is 2.90. The molecule has 0 saturated carbocycles. The standard InChI is InChI=1S/C10H15N2O2/c1-4-14-10-9(6-5-7-11-10)12(3)8(2)13/h5-7,11H,4H2,1-3H3. The molecule has 1 heterocycles. The van der Waals surface area contributed by atoms with Gasteiger partial charge in [0.2, 0.25) is 12.1 Å². The number of dihydropyridines is 1. The molecule has 0 atom stereocenters. The fraction of sp³-hybridized carbons (Fsp3) is 0.400. The predicted molar refractivity (Wildman–Crippen MR) is 53.7 cm³/mol. The maximum Gasteiger partial charge on any atom is 0.235 e. The van der Waals surface area contributed by atoms with E-state index in [9.17, 15) is 4.79 Å². The third kappa shape index (κ3) is 2.35. The van der Waals surface area contributed by atoms with E-state index in [4.69, 9.17) is 4.74 Å². The molecule has 0 aromatic carbocycles. The average molecular weight is 195 g/mol. The number of likely N-dealkylation sites (N-methyl/N-ethyl adjacent to an activating group) is 1. The number of nitrogens with one attached hydrogen (secondary N) is 1. The molecule has 1 rings (SSSR count). The summed E-state index contributed by atoms with van der Waals surface area (Å²) in [5.74, 6) is -0.0226. The first-order valence-corrected chi connectivity index (χ1v) is 4.54. The smallest absolute Gasteiger partial charge is 0.235 e. The summed E-state index contributed by atoms with van der Waals surface area (Å²) in [6.07, 6.45) is 6.05. The molecule has 0 unspecified atom stereocenters. The second-order valence-corrected chi connectivity index (χ2v) is 2.90. The van der Waals surface area contributed by atoms with Crippen LogP contribution < -0.4 is 5.32 Å². The summed E-state index contributed by atoms with van der Waals surface area (Å²) in [7, 11) is 1.72. The van der Waals surface area contributed by atoms with Gasteiger partial charge in [0.05, 0.1) is 5.70 Å². The number of hydrogen-bond donors (Lipinski definition) is 1. The quantitative estimate of drug-likeness (QED) is 0.730. The Labute approximate surface area is 84.2 Å². The largest absolute Gasteiger partial charge is 0.354 e. The topological polar surface area (TPSA) is 41.6 Å². The van der Waals surface area contributed by atoms with Gasteiger partial charge >= 0.3 is 0 Å². The van der Waals surface area contributed by atoms with Gasteiger partial charge in [0.1, 0.15) is 0 Å². The van der Waals surface area contributed by atoms with E-state index in [1.807, 2.05) is 19.1 Å². The van der Waals surface area contributed by atoms with Crippen molar-refractivity contribution < 1.29 is 9.53 Å². The molecule has 4 heteroatoms. The van der Waals surface area contributed by atoms with Crippen LogP contribution in [-0.2, 0) is 9.53 Å². The van der Waals surface area contributed by atoms with Gasteiger partial charge in [0.15, 0.2) is 0 Å². The highest BCUT2D eigenvalue weighted by atomic mass is 16.5. The minimum absolute atomic E-state index is 0.0226. The van der Waals surface area contributed by atoms with Crippen LogP contribution in [-0.4, -0.2) is 24.5 Å². The lowest BCUT2D eigenvalue weighted by Crippen LogP contribution is -2.34. The first-order chi connectivity index (χ1) is 6.66. The van der Waals surface area contributed by atoms with Gasteiger partial charge in [0, 0.05) is 20.6 Å². The third-order valence-corrected chi connectivity index (χ3v) is 1.92. The average Bonchev–Trinajstić information content (AvgIpc) is 2.18. The maximum absolute atomic E-state index is 11.2. The normalized spacial score (nSPS) is 16.1. The second kappa shape index (κ2) is 4.81. The summed E-state index contributed by atoms with van der Waals surface area (Å²) >= 11 is 0. The minimum Gasteiger partial charge on any atom is -0.354 e. The van der Waals surface area contributed by atoms with E-state index in [0.29, 0.717) is 12.8 Å². The van der Waals surface area contributed by atoms with E-state index in [1.54, 1.807) is 18.1 Å². The molecule has 1 N–H and O–H groups in total. The van der Waals surface area contributed by atoms with Gasteiger partial charge in [-0.15, -0.1) is 0 Å². The number of carbonyl (C=O) groups is 1. The molecule has 0 aliphatic carbocycles. The SMILES string of the molecule is CCO[C]1NC=CC=C1N(C)C(C)=O. The van der Waals surface area contributed by atoms with Crippen LogP contribution in [0.15, 0.2) is 24.0 Å². The Morgan fingerprint density at radius 1 is 1.64 bits per heavy atom. The lowest BCUT2D eigenvalue weighted by Gasteiger charge is -2.27. The van der Waals surface area contributed by atoms with E-state index in [2.05, 4.69) is 5.32 Å². The zero-order chi connectivity index (χ0) is 10.6. The molecule has 0 aromatic heterocycles. The van der Waals surface area contributed by atoms with Gasteiger partial charge in [-0.05, 0) is 25.3 Å². The summed E-state index contributed by atoms with van der Waals surface area (Å²) in [5, 5.41) is 2.96. The van der Waals surface area contributed by atoms with Crippen molar-refractivity contribution in [1.29, 1.82) is 0 Å². The Morgan fingerprint density at radius 3 is 2.93 bits per heavy atom. The van der Waals surface area contributed by atoms with Crippen LogP contribution >= 0.6 is 0 Å². The Hall–Kier alpha value is -1.29. The van der Waals surface area contributed by atoms with Gasteiger partial charge in [-0.25, -0.2) is 0 Å². The summed E-state index contributed by atoms with van der Waals surface area (Å²) < 4.78 is 5.36. The number of ether oxygens (including phenoxy) is 1. The fourth-order valence-corrected chi connectivity index (χ4v) is 1.11. The van der Waals surface area contributed by atoms with Crippen molar-refractivity contribution in [3.05, 3.63) is 30.3 Å². The lowest BCUT2D eigenvalue weighted by molar-refractivity contribution is -0.126. The van der Waals surface area contributed by atoms with Crippen LogP contribution in [0.3, 0.4) is 0 Å². The molecule has 0 aromatic rings. The number of allylic oxidation sites excluding steroid dienone is 2. The molecule has 1 aliphatic heterocycles. The molecule has 1 aliphatic rings. The van der Waals surface area contributed by atoms with E-state index in [-0.39, 0.29) is 5.91 Å². The van der Waals surface area contributed by atoms with Crippen LogP contribution in [0.1, 0.15) is 13.8 Å². The Kier molecular flexibility index (Phi) is 3.71. The first-order valence-electron chi connectivity index (χ1n) is 4.54. The monoisotopic (exact) mass is 195 g/mol. The number of rotatable bonds is 3. The van der Waals surface area contributed by atoms with Gasteiger partial charge in [-0.3, -0.25) is 4.79 Å². The zero-order valence-corrected chi connectivity index (χ0v) is 8.70. The van der Waals surface area contributed by atoms with Crippen LogP contribution in [0.2, 0.25) is 0 Å². The Balaban J connectivity index is 2.75. The third-order valence-electron chi connectivity index (χ3n) is 1.92. The highest BCUT2D eigenvalue weighted by Gasteiger charge is 2.22. The first kappa shape index (κ1) is 10.8. The predicted octanol–water partition coefficient (Wildman–Crippen LogP) is 0.991. The van der Waals surface area contributed by atoms with Crippen molar-refractivity contribution >= 4 is 5.91 Å². The van der Waals surface area contributed by atoms with Crippen LogP contribution in [0.5, 0.6) is 0 Å². The molecule has 4 nitrogen and oxygen atoms in total. The van der Waals surface area contributed by atoms with Crippen molar-refractivity contribution in [3.63, 3.8) is 0 Å². The molecular formula is C10H15N2O2. The lowest BCUT2D eigenvalue weighted by atomic mass is 10.2. The molecule has 0 spiro atoms. The molecule has 14 heavy (non-hydrogen) atoms. The minimum atomic E-state index is -0.0226. The van der Waals surface area contributed by atoms with E-state index in [0.717, 1.165) is 5.70 Å². The van der Waals surface area contributed by atoms with Crippen molar-refractivity contribution in [2.75, 3.05) is 13.7 Å². The molecule has 77 valence electrons. The van der Waals surface area contributed by atoms with Crippen LogP contribution in [0.4, 0.5) is 0 Å². The van der Waals surface area contributed by atoms with Crippen molar-refractivity contribution in [2.45, 2.75) is 13.8 Å². The van der Waals surface area contributed by atoms with Gasteiger partial charge in [-0.1, -0.05) is 0 Å². The van der Waals surface area contributed by atoms with Gasteiger partial charge in [-0.2, -0.15) is 0 Å².